The number of carbonyl (C=O) groups excluding carboxylic acids is 1. The second kappa shape index (κ2) is 5.02. The summed E-state index contributed by atoms with van der Waals surface area (Å²) >= 11 is 0. The fraction of sp³-hybridized carbons (Fsp3) is 0.867. The van der Waals surface area contributed by atoms with Crippen LogP contribution in [-0.2, 0) is 9.53 Å². The predicted molar refractivity (Wildman–Crippen MR) is 77.5 cm³/mol. The van der Waals surface area contributed by atoms with E-state index in [9.17, 15) is 4.79 Å². The van der Waals surface area contributed by atoms with Gasteiger partial charge in [0.05, 0.1) is 23.7 Å². The van der Waals surface area contributed by atoms with Crippen molar-refractivity contribution in [3.05, 3.63) is 0 Å². The van der Waals surface area contributed by atoms with Crippen molar-refractivity contribution >= 4 is 12.1 Å². The first-order chi connectivity index (χ1) is 9.57. The molecule has 2 bridgehead atoms. The van der Waals surface area contributed by atoms with Crippen molar-refractivity contribution in [3.63, 3.8) is 0 Å². The first kappa shape index (κ1) is 13.9. The molecular weight excluding hydrogens is 254 g/mol. The van der Waals surface area contributed by atoms with Crippen LogP contribution >= 0.6 is 0 Å². The monoisotopic (exact) mass is 279 g/mol. The number of nitrogens with one attached hydrogen (secondary N) is 1. The van der Waals surface area contributed by atoms with Crippen LogP contribution in [0.25, 0.3) is 0 Å². The van der Waals surface area contributed by atoms with E-state index in [2.05, 4.69) is 24.4 Å². The maximum atomic E-state index is 12.6. The molecule has 4 aliphatic rings. The van der Waals surface area contributed by atoms with E-state index < -0.39 is 0 Å². The second-order valence-electron chi connectivity index (χ2n) is 6.81. The summed E-state index contributed by atoms with van der Waals surface area (Å²) < 4.78 is 5.57. The number of likely N-dealkylation sites (tertiary alicyclic amines) is 1. The lowest BCUT2D eigenvalue weighted by Crippen LogP contribution is -2.56. The van der Waals surface area contributed by atoms with Gasteiger partial charge in [0.1, 0.15) is 0 Å². The molecule has 0 aromatic carbocycles. The molecule has 0 atom stereocenters. The van der Waals surface area contributed by atoms with Gasteiger partial charge in [0.25, 0.3) is 0 Å². The van der Waals surface area contributed by atoms with Gasteiger partial charge in [-0.05, 0) is 39.0 Å². The van der Waals surface area contributed by atoms with E-state index in [1.807, 2.05) is 11.1 Å². The Morgan fingerprint density at radius 3 is 2.70 bits per heavy atom. The van der Waals surface area contributed by atoms with Gasteiger partial charge in [-0.25, -0.2) is 0 Å². The Kier molecular flexibility index (Phi) is 3.48. The molecule has 4 rings (SSSR count). The molecule has 4 fully saturated rings. The zero-order valence-corrected chi connectivity index (χ0v) is 12.5. The minimum absolute atomic E-state index is 0.0223. The number of nitrogens with zero attached hydrogens (tertiary/aromatic N) is 2. The number of carbonyl (C=O) groups is 1. The van der Waals surface area contributed by atoms with Crippen LogP contribution in [0, 0.1) is 5.41 Å². The molecule has 0 spiro atoms. The van der Waals surface area contributed by atoms with E-state index in [1.165, 1.54) is 0 Å². The zero-order chi connectivity index (χ0) is 14.2. The predicted octanol–water partition coefficient (Wildman–Crippen LogP) is 1.53. The van der Waals surface area contributed by atoms with Crippen molar-refractivity contribution in [1.82, 2.24) is 10.3 Å². The Bertz CT molecular complexity index is 402. The second-order valence-corrected chi connectivity index (χ2v) is 6.81. The Morgan fingerprint density at radius 1 is 1.45 bits per heavy atom. The molecule has 0 aromatic rings. The summed E-state index contributed by atoms with van der Waals surface area (Å²) in [5, 5.41) is 4.26. The highest BCUT2D eigenvalue weighted by Gasteiger charge is 2.58. The summed E-state index contributed by atoms with van der Waals surface area (Å²) in [6, 6.07) is 0. The molecule has 3 saturated heterocycles. The molecule has 1 N–H and O–H groups in total. The van der Waals surface area contributed by atoms with Crippen LogP contribution in [0.2, 0.25) is 0 Å². The first-order valence-electron chi connectivity index (χ1n) is 7.77. The lowest BCUT2D eigenvalue weighted by atomic mass is 9.69. The average Bonchev–Trinajstić information content (AvgIpc) is 2.99. The van der Waals surface area contributed by atoms with Gasteiger partial charge in [0.2, 0.25) is 5.91 Å². The molecule has 0 aromatic heterocycles. The summed E-state index contributed by atoms with van der Waals surface area (Å²) in [6.45, 7) is 6.57. The molecule has 0 unspecified atom stereocenters. The standard InChI is InChI=1S/C15H25N3O2/c1-3-6-16-17-14(2)4-7-18(8-5-14)13(19)15-9-12(10-15)20-11-15/h6,12,17H,3-5,7-11H2,1-2H3/b16-6-. The van der Waals surface area contributed by atoms with Crippen LogP contribution in [0.1, 0.15) is 46.0 Å². The van der Waals surface area contributed by atoms with Gasteiger partial charge in [0, 0.05) is 19.3 Å². The summed E-state index contributed by atoms with van der Waals surface area (Å²) in [4.78, 5) is 14.7. The van der Waals surface area contributed by atoms with E-state index in [4.69, 9.17) is 4.74 Å². The van der Waals surface area contributed by atoms with Crippen LogP contribution in [0.15, 0.2) is 5.10 Å². The van der Waals surface area contributed by atoms with Crippen molar-refractivity contribution in [3.8, 4) is 0 Å². The topological polar surface area (TPSA) is 53.9 Å². The lowest BCUT2D eigenvalue weighted by Gasteiger charge is -2.44. The third-order valence-electron chi connectivity index (χ3n) is 5.05. The molecule has 1 aliphatic carbocycles. The van der Waals surface area contributed by atoms with E-state index in [0.29, 0.717) is 18.6 Å². The van der Waals surface area contributed by atoms with Gasteiger partial charge >= 0.3 is 0 Å². The van der Waals surface area contributed by atoms with Crippen LogP contribution in [0.4, 0.5) is 0 Å². The minimum Gasteiger partial charge on any atom is -0.377 e. The SMILES string of the molecule is CC/C=N\NC1(C)CCN(C(=O)C23COC(C2)C3)CC1. The zero-order valence-electron chi connectivity index (χ0n) is 12.5. The smallest absolute Gasteiger partial charge is 0.231 e. The average molecular weight is 279 g/mol. The van der Waals surface area contributed by atoms with Crippen LogP contribution in [0.5, 0.6) is 0 Å². The molecular formula is C15H25N3O2. The normalized spacial score (nSPS) is 35.1. The maximum Gasteiger partial charge on any atom is 0.231 e. The highest BCUT2D eigenvalue weighted by molar-refractivity contribution is 5.84. The number of hydrazone groups is 1. The fourth-order valence-corrected chi connectivity index (χ4v) is 3.50. The number of hydrogen-bond donors (Lipinski definition) is 1. The molecule has 3 heterocycles. The van der Waals surface area contributed by atoms with Crippen molar-refractivity contribution in [2.45, 2.75) is 57.6 Å². The summed E-state index contributed by atoms with van der Waals surface area (Å²) in [5.74, 6) is 0.324. The van der Waals surface area contributed by atoms with E-state index in [-0.39, 0.29) is 11.0 Å². The largest absolute Gasteiger partial charge is 0.377 e. The van der Waals surface area contributed by atoms with Gasteiger partial charge in [-0.15, -0.1) is 0 Å². The molecule has 0 radical (unpaired) electrons. The number of ether oxygens (including phenoxy) is 1. The molecule has 3 aliphatic heterocycles. The third kappa shape index (κ3) is 2.32. The first-order valence-corrected chi connectivity index (χ1v) is 7.77. The Labute approximate surface area is 120 Å². The van der Waals surface area contributed by atoms with E-state index >= 15 is 0 Å². The van der Waals surface area contributed by atoms with Gasteiger partial charge < -0.3 is 15.1 Å². The van der Waals surface area contributed by atoms with Crippen molar-refractivity contribution in [1.29, 1.82) is 0 Å². The number of hydrogen-bond acceptors (Lipinski definition) is 4. The highest BCUT2D eigenvalue weighted by Crippen LogP contribution is 2.51. The van der Waals surface area contributed by atoms with Crippen LogP contribution < -0.4 is 5.43 Å². The van der Waals surface area contributed by atoms with Crippen LogP contribution in [-0.4, -0.2) is 48.4 Å². The quantitative estimate of drug-likeness (QED) is 0.627. The molecule has 20 heavy (non-hydrogen) atoms. The van der Waals surface area contributed by atoms with Crippen molar-refractivity contribution in [2.75, 3.05) is 19.7 Å². The number of piperidine rings is 1. The summed E-state index contributed by atoms with van der Waals surface area (Å²) in [7, 11) is 0. The number of fused-ring (bicyclic) bond motifs is 1. The summed E-state index contributed by atoms with van der Waals surface area (Å²) in [5.41, 5.74) is 3.12. The lowest BCUT2D eigenvalue weighted by molar-refractivity contribution is -0.146. The molecule has 5 nitrogen and oxygen atoms in total. The van der Waals surface area contributed by atoms with E-state index in [1.54, 1.807) is 0 Å². The van der Waals surface area contributed by atoms with Gasteiger partial charge in [0.15, 0.2) is 0 Å². The Balaban J connectivity index is 1.53. The number of rotatable bonds is 4. The van der Waals surface area contributed by atoms with Crippen molar-refractivity contribution < 1.29 is 9.53 Å². The van der Waals surface area contributed by atoms with Gasteiger partial charge in [-0.2, -0.15) is 5.10 Å². The summed E-state index contributed by atoms with van der Waals surface area (Å²) in [6.07, 6.45) is 7.00. The Hall–Kier alpha value is -1.10. The highest BCUT2D eigenvalue weighted by atomic mass is 16.5. The minimum atomic E-state index is -0.161. The molecule has 112 valence electrons. The molecule has 5 heteroatoms. The molecule has 1 amide bonds. The third-order valence-corrected chi connectivity index (χ3v) is 5.05. The van der Waals surface area contributed by atoms with Gasteiger partial charge in [-0.1, -0.05) is 6.92 Å². The van der Waals surface area contributed by atoms with Crippen molar-refractivity contribution in [2.24, 2.45) is 10.5 Å². The van der Waals surface area contributed by atoms with Crippen LogP contribution in [0.3, 0.4) is 0 Å². The number of amides is 1. The van der Waals surface area contributed by atoms with Gasteiger partial charge in [-0.3, -0.25) is 4.79 Å². The van der Waals surface area contributed by atoms with E-state index in [0.717, 1.165) is 45.2 Å². The molecule has 1 saturated carbocycles. The Morgan fingerprint density at radius 2 is 2.15 bits per heavy atom. The fourth-order valence-electron chi connectivity index (χ4n) is 3.50. The maximum absolute atomic E-state index is 12.6.